The summed E-state index contributed by atoms with van der Waals surface area (Å²) < 4.78 is 12.9. The molecule has 2 atom stereocenters. The van der Waals surface area contributed by atoms with Crippen LogP contribution in [-0.4, -0.2) is 0 Å². The molecule has 0 N–H and O–H groups in total. The van der Waals surface area contributed by atoms with Crippen molar-refractivity contribution in [2.45, 2.75) is 33.1 Å². The van der Waals surface area contributed by atoms with Crippen LogP contribution in [0.2, 0.25) is 0 Å². The van der Waals surface area contributed by atoms with Crippen LogP contribution < -0.4 is 14.4 Å². The first-order valence-corrected chi connectivity index (χ1v) is 10.3. The highest BCUT2D eigenvalue weighted by atomic mass is 31.2. The first-order valence-electron chi connectivity index (χ1n) is 9.13. The standard InChI is InChI=1S/C23H23O2P/c1-4-16(2)18-13-9-10-17(3)23(18)25-26-22-15-8-6-12-20(22)19-11-5-7-14-21(19)24-26/h5-16H,4H2,1-3H3. The molecule has 0 amide bonds. The molecule has 26 heavy (non-hydrogen) atoms. The number of para-hydroxylation sites is 2. The summed E-state index contributed by atoms with van der Waals surface area (Å²) in [7, 11) is -1.21. The lowest BCUT2D eigenvalue weighted by Crippen LogP contribution is -2.18. The van der Waals surface area contributed by atoms with Crippen LogP contribution >= 0.6 is 8.38 Å². The van der Waals surface area contributed by atoms with Gasteiger partial charge in [0.05, 0.1) is 5.30 Å². The van der Waals surface area contributed by atoms with Crippen LogP contribution in [0, 0.1) is 6.92 Å². The summed E-state index contributed by atoms with van der Waals surface area (Å²) in [5.74, 6) is 2.32. The molecule has 0 aromatic heterocycles. The number of rotatable bonds is 4. The second-order valence-electron chi connectivity index (χ2n) is 6.76. The van der Waals surface area contributed by atoms with E-state index in [-0.39, 0.29) is 0 Å². The van der Waals surface area contributed by atoms with Crippen LogP contribution in [0.3, 0.4) is 0 Å². The minimum Gasteiger partial charge on any atom is -0.435 e. The maximum absolute atomic E-state index is 6.57. The normalized spacial score (nSPS) is 16.2. The Kier molecular flexibility index (Phi) is 4.70. The zero-order chi connectivity index (χ0) is 18.1. The Balaban J connectivity index is 1.77. The molecule has 0 radical (unpaired) electrons. The van der Waals surface area contributed by atoms with Crippen molar-refractivity contribution in [2.24, 2.45) is 0 Å². The Labute approximate surface area is 156 Å². The van der Waals surface area contributed by atoms with Crippen molar-refractivity contribution >= 4 is 13.7 Å². The van der Waals surface area contributed by atoms with Gasteiger partial charge in [-0.05, 0) is 48.1 Å². The van der Waals surface area contributed by atoms with E-state index in [4.69, 9.17) is 9.05 Å². The Morgan fingerprint density at radius 1 is 0.923 bits per heavy atom. The Hall–Kier alpha value is -2.31. The smallest absolute Gasteiger partial charge is 0.326 e. The highest BCUT2D eigenvalue weighted by Gasteiger charge is 2.30. The summed E-state index contributed by atoms with van der Waals surface area (Å²) in [6, 6.07) is 23.0. The van der Waals surface area contributed by atoms with Gasteiger partial charge in [0.1, 0.15) is 11.5 Å². The predicted molar refractivity (Wildman–Crippen MR) is 110 cm³/mol. The third kappa shape index (κ3) is 2.99. The molecule has 3 aromatic rings. The Bertz CT molecular complexity index is 935. The predicted octanol–water partition coefficient (Wildman–Crippen LogP) is 6.58. The third-order valence-electron chi connectivity index (χ3n) is 5.02. The SMILES string of the molecule is CCC(C)c1cccc(C)c1OP1Oc2ccccc2-c2ccccc21. The quantitative estimate of drug-likeness (QED) is 0.488. The van der Waals surface area contributed by atoms with Crippen molar-refractivity contribution in [3.63, 3.8) is 0 Å². The lowest BCUT2D eigenvalue weighted by molar-refractivity contribution is 0.490. The highest BCUT2D eigenvalue weighted by molar-refractivity contribution is 7.57. The van der Waals surface area contributed by atoms with Crippen LogP contribution in [0.1, 0.15) is 37.3 Å². The first-order chi connectivity index (χ1) is 12.7. The maximum atomic E-state index is 6.57. The van der Waals surface area contributed by atoms with Gasteiger partial charge in [-0.1, -0.05) is 68.4 Å². The number of hydrogen-bond donors (Lipinski definition) is 0. The van der Waals surface area contributed by atoms with E-state index in [1.54, 1.807) is 0 Å². The molecule has 3 heteroatoms. The zero-order valence-electron chi connectivity index (χ0n) is 15.4. The van der Waals surface area contributed by atoms with Gasteiger partial charge in [-0.2, -0.15) is 0 Å². The lowest BCUT2D eigenvalue weighted by Gasteiger charge is -2.29. The molecule has 4 rings (SSSR count). The van der Waals surface area contributed by atoms with Gasteiger partial charge in [-0.25, -0.2) is 0 Å². The van der Waals surface area contributed by atoms with E-state index in [9.17, 15) is 0 Å². The minimum absolute atomic E-state index is 0.451. The molecule has 0 spiro atoms. The zero-order valence-corrected chi connectivity index (χ0v) is 16.3. The molecule has 1 heterocycles. The average Bonchev–Trinajstić information content (AvgIpc) is 2.69. The summed E-state index contributed by atoms with van der Waals surface area (Å²) >= 11 is 0. The van der Waals surface area contributed by atoms with Gasteiger partial charge in [0, 0.05) is 5.56 Å². The van der Waals surface area contributed by atoms with Gasteiger partial charge in [0.2, 0.25) is 0 Å². The number of aryl methyl sites for hydroxylation is 1. The van der Waals surface area contributed by atoms with Gasteiger partial charge in [0.25, 0.3) is 0 Å². The molecular weight excluding hydrogens is 339 g/mol. The van der Waals surface area contributed by atoms with Crippen molar-refractivity contribution in [1.29, 1.82) is 0 Å². The molecule has 1 aliphatic rings. The largest absolute Gasteiger partial charge is 0.435 e. The van der Waals surface area contributed by atoms with Crippen LogP contribution in [0.25, 0.3) is 11.1 Å². The van der Waals surface area contributed by atoms with Crippen molar-refractivity contribution in [3.05, 3.63) is 77.9 Å². The fourth-order valence-corrected chi connectivity index (χ4v) is 4.91. The number of fused-ring (bicyclic) bond motifs is 3. The van der Waals surface area contributed by atoms with Gasteiger partial charge >= 0.3 is 8.38 Å². The topological polar surface area (TPSA) is 18.5 Å². The fraction of sp³-hybridized carbons (Fsp3) is 0.217. The molecule has 2 unspecified atom stereocenters. The summed E-state index contributed by atoms with van der Waals surface area (Å²) in [5.41, 5.74) is 4.76. The van der Waals surface area contributed by atoms with E-state index in [1.165, 1.54) is 11.1 Å². The highest BCUT2D eigenvalue weighted by Crippen LogP contribution is 2.50. The van der Waals surface area contributed by atoms with E-state index in [0.717, 1.165) is 34.4 Å². The molecule has 0 aliphatic carbocycles. The van der Waals surface area contributed by atoms with E-state index < -0.39 is 8.38 Å². The van der Waals surface area contributed by atoms with Crippen LogP contribution in [-0.2, 0) is 0 Å². The molecule has 3 aromatic carbocycles. The monoisotopic (exact) mass is 362 g/mol. The van der Waals surface area contributed by atoms with Crippen molar-refractivity contribution < 1.29 is 9.05 Å². The summed E-state index contributed by atoms with van der Waals surface area (Å²) in [5, 5.41) is 1.14. The molecular formula is C23H23O2P. The van der Waals surface area contributed by atoms with E-state index in [2.05, 4.69) is 75.4 Å². The average molecular weight is 362 g/mol. The lowest BCUT2D eigenvalue weighted by atomic mass is 9.96. The first kappa shape index (κ1) is 17.1. The molecule has 1 aliphatic heterocycles. The summed E-state index contributed by atoms with van der Waals surface area (Å²) in [6.07, 6.45) is 1.08. The third-order valence-corrected chi connectivity index (χ3v) is 6.51. The van der Waals surface area contributed by atoms with E-state index in [0.29, 0.717) is 5.92 Å². The minimum atomic E-state index is -1.21. The Morgan fingerprint density at radius 3 is 2.46 bits per heavy atom. The van der Waals surface area contributed by atoms with Gasteiger partial charge < -0.3 is 9.05 Å². The van der Waals surface area contributed by atoms with E-state index >= 15 is 0 Å². The summed E-state index contributed by atoms with van der Waals surface area (Å²) in [4.78, 5) is 0. The molecule has 132 valence electrons. The van der Waals surface area contributed by atoms with Gasteiger partial charge in [-0.3, -0.25) is 0 Å². The van der Waals surface area contributed by atoms with Gasteiger partial charge in [0.15, 0.2) is 0 Å². The molecule has 0 saturated heterocycles. The molecule has 2 nitrogen and oxygen atoms in total. The fourth-order valence-electron chi connectivity index (χ4n) is 3.33. The van der Waals surface area contributed by atoms with Crippen LogP contribution in [0.5, 0.6) is 11.5 Å². The van der Waals surface area contributed by atoms with Crippen LogP contribution in [0.4, 0.5) is 0 Å². The second kappa shape index (κ2) is 7.13. The maximum Gasteiger partial charge on any atom is 0.326 e. The Morgan fingerprint density at radius 2 is 1.65 bits per heavy atom. The van der Waals surface area contributed by atoms with Gasteiger partial charge in [-0.15, -0.1) is 0 Å². The molecule has 0 saturated carbocycles. The van der Waals surface area contributed by atoms with Crippen molar-refractivity contribution in [2.75, 3.05) is 0 Å². The second-order valence-corrected chi connectivity index (χ2v) is 8.12. The summed E-state index contributed by atoms with van der Waals surface area (Å²) in [6.45, 7) is 6.57. The molecule has 0 fully saturated rings. The number of benzene rings is 3. The van der Waals surface area contributed by atoms with E-state index in [1.807, 2.05) is 12.1 Å². The van der Waals surface area contributed by atoms with Crippen molar-refractivity contribution in [3.8, 4) is 22.6 Å². The number of hydrogen-bond acceptors (Lipinski definition) is 2. The molecule has 0 bridgehead atoms. The van der Waals surface area contributed by atoms with Crippen LogP contribution in [0.15, 0.2) is 66.7 Å². The van der Waals surface area contributed by atoms with Crippen molar-refractivity contribution in [1.82, 2.24) is 0 Å².